The molecule has 0 bridgehead atoms. The Labute approximate surface area is 153 Å². The van der Waals surface area contributed by atoms with Gasteiger partial charge in [-0.25, -0.2) is 0 Å². The number of furan rings is 1. The molecule has 2 heterocycles. The Kier molecular flexibility index (Phi) is 5.51. The molecule has 0 radical (unpaired) electrons. The summed E-state index contributed by atoms with van der Waals surface area (Å²) in [5.41, 5.74) is 1.76. The first-order chi connectivity index (χ1) is 11.2. The molecule has 5 heteroatoms. The van der Waals surface area contributed by atoms with Crippen molar-refractivity contribution in [2.75, 3.05) is 6.54 Å². The van der Waals surface area contributed by atoms with Crippen molar-refractivity contribution in [3.8, 4) is 0 Å². The molecule has 0 aliphatic rings. The summed E-state index contributed by atoms with van der Waals surface area (Å²) in [4.78, 5) is 16.1. The molecule has 0 unspecified atom stereocenters. The first-order valence-electron chi connectivity index (χ1n) is 7.31. The molecule has 0 N–H and O–H groups in total. The molecule has 0 aliphatic heterocycles. The Morgan fingerprint density at radius 2 is 2.04 bits per heavy atom. The minimum Gasteiger partial charge on any atom is -0.472 e. The number of nitrogens with zero attached hydrogens (tertiary/aromatic N) is 1. The van der Waals surface area contributed by atoms with E-state index in [1.807, 2.05) is 41.3 Å². The van der Waals surface area contributed by atoms with Gasteiger partial charge in [0.05, 0.1) is 18.1 Å². The SMILES string of the molecule is O=C(c1ccccc1I)N(CCc1cccs1)Cc1ccoc1. The first-order valence-corrected chi connectivity index (χ1v) is 9.27. The third-order valence-electron chi connectivity index (χ3n) is 3.55. The maximum Gasteiger partial charge on any atom is 0.255 e. The second-order valence-electron chi connectivity index (χ2n) is 5.17. The molecule has 23 heavy (non-hydrogen) atoms. The maximum absolute atomic E-state index is 12.9. The average molecular weight is 437 g/mol. The lowest BCUT2D eigenvalue weighted by atomic mass is 10.1. The molecule has 0 atom stereocenters. The Bertz CT molecular complexity index is 753. The van der Waals surface area contributed by atoms with Crippen LogP contribution in [-0.4, -0.2) is 17.4 Å². The monoisotopic (exact) mass is 437 g/mol. The standard InChI is InChI=1S/C18H16INO2S/c19-17-6-2-1-5-16(17)18(21)20(12-14-8-10-22-13-14)9-7-15-4-3-11-23-15/h1-6,8,10-11,13H,7,9,12H2. The van der Waals surface area contributed by atoms with E-state index in [1.54, 1.807) is 23.9 Å². The van der Waals surface area contributed by atoms with Crippen LogP contribution in [0.5, 0.6) is 0 Å². The average Bonchev–Trinajstić information content (AvgIpc) is 3.25. The Morgan fingerprint density at radius 3 is 2.74 bits per heavy atom. The van der Waals surface area contributed by atoms with Gasteiger partial charge in [0.1, 0.15) is 0 Å². The van der Waals surface area contributed by atoms with Crippen molar-refractivity contribution < 1.29 is 9.21 Å². The molecule has 1 aromatic carbocycles. The number of carbonyl (C=O) groups is 1. The Morgan fingerprint density at radius 1 is 1.17 bits per heavy atom. The largest absolute Gasteiger partial charge is 0.472 e. The lowest BCUT2D eigenvalue weighted by molar-refractivity contribution is 0.0744. The van der Waals surface area contributed by atoms with Crippen LogP contribution < -0.4 is 0 Å². The minimum atomic E-state index is 0.0627. The molecule has 0 spiro atoms. The third-order valence-corrected chi connectivity index (χ3v) is 5.43. The summed E-state index contributed by atoms with van der Waals surface area (Å²) >= 11 is 3.94. The maximum atomic E-state index is 12.9. The van der Waals surface area contributed by atoms with Crippen LogP contribution in [-0.2, 0) is 13.0 Å². The van der Waals surface area contributed by atoms with Crippen molar-refractivity contribution >= 4 is 39.8 Å². The van der Waals surface area contributed by atoms with Crippen molar-refractivity contribution in [2.45, 2.75) is 13.0 Å². The number of hydrogen-bond acceptors (Lipinski definition) is 3. The van der Waals surface area contributed by atoms with Crippen LogP contribution in [0.15, 0.2) is 64.8 Å². The number of halogens is 1. The highest BCUT2D eigenvalue weighted by molar-refractivity contribution is 14.1. The van der Waals surface area contributed by atoms with Crippen LogP contribution in [0, 0.1) is 3.57 Å². The summed E-state index contributed by atoms with van der Waals surface area (Å²) in [6.07, 6.45) is 4.20. The van der Waals surface area contributed by atoms with Crippen LogP contribution in [0.25, 0.3) is 0 Å². The fourth-order valence-electron chi connectivity index (χ4n) is 2.36. The zero-order valence-electron chi connectivity index (χ0n) is 12.4. The molecule has 2 aromatic heterocycles. The molecule has 3 rings (SSSR count). The van der Waals surface area contributed by atoms with E-state index in [-0.39, 0.29) is 5.91 Å². The van der Waals surface area contributed by atoms with E-state index in [1.165, 1.54) is 4.88 Å². The predicted molar refractivity (Wildman–Crippen MR) is 101 cm³/mol. The molecule has 3 nitrogen and oxygen atoms in total. The van der Waals surface area contributed by atoms with E-state index in [9.17, 15) is 4.79 Å². The lowest BCUT2D eigenvalue weighted by Crippen LogP contribution is -2.32. The van der Waals surface area contributed by atoms with Crippen LogP contribution in [0.2, 0.25) is 0 Å². The van der Waals surface area contributed by atoms with Crippen LogP contribution in [0.3, 0.4) is 0 Å². The van der Waals surface area contributed by atoms with Crippen molar-refractivity contribution in [3.05, 3.63) is 79.9 Å². The summed E-state index contributed by atoms with van der Waals surface area (Å²) in [5.74, 6) is 0.0627. The number of carbonyl (C=O) groups excluding carboxylic acids is 1. The van der Waals surface area contributed by atoms with Gasteiger partial charge in [-0.15, -0.1) is 11.3 Å². The number of benzene rings is 1. The van der Waals surface area contributed by atoms with E-state index < -0.39 is 0 Å². The molecule has 0 saturated carbocycles. The van der Waals surface area contributed by atoms with Crippen molar-refractivity contribution in [3.63, 3.8) is 0 Å². The van der Waals surface area contributed by atoms with Gasteiger partial charge in [0.15, 0.2) is 0 Å². The number of thiophene rings is 1. The van der Waals surface area contributed by atoms with Crippen molar-refractivity contribution in [1.29, 1.82) is 0 Å². The number of rotatable bonds is 6. The van der Waals surface area contributed by atoms with Crippen LogP contribution in [0.1, 0.15) is 20.8 Å². The Balaban J connectivity index is 1.78. The highest BCUT2D eigenvalue weighted by Crippen LogP contribution is 2.18. The predicted octanol–water partition coefficient (Wildman–Crippen LogP) is 4.83. The molecule has 3 aromatic rings. The number of amides is 1. The topological polar surface area (TPSA) is 33.5 Å². The van der Waals surface area contributed by atoms with Gasteiger partial charge in [-0.3, -0.25) is 4.79 Å². The van der Waals surface area contributed by atoms with Gasteiger partial charge in [-0.05, 0) is 58.7 Å². The van der Waals surface area contributed by atoms with Gasteiger partial charge >= 0.3 is 0 Å². The quantitative estimate of drug-likeness (QED) is 0.518. The molecular formula is C18H16INO2S. The molecule has 0 saturated heterocycles. The Hall–Kier alpha value is -1.60. The van der Waals surface area contributed by atoms with E-state index >= 15 is 0 Å². The lowest BCUT2D eigenvalue weighted by Gasteiger charge is -2.22. The van der Waals surface area contributed by atoms with Crippen molar-refractivity contribution in [1.82, 2.24) is 4.90 Å². The fourth-order valence-corrected chi connectivity index (χ4v) is 3.68. The fraction of sp³-hybridized carbons (Fsp3) is 0.167. The highest BCUT2D eigenvalue weighted by Gasteiger charge is 2.18. The van der Waals surface area contributed by atoms with Crippen LogP contribution in [0.4, 0.5) is 0 Å². The van der Waals surface area contributed by atoms with Gasteiger partial charge < -0.3 is 9.32 Å². The summed E-state index contributed by atoms with van der Waals surface area (Å²) < 4.78 is 6.11. The normalized spacial score (nSPS) is 10.7. The zero-order chi connectivity index (χ0) is 16.1. The second kappa shape index (κ2) is 7.79. The van der Waals surface area contributed by atoms with Gasteiger partial charge in [0.25, 0.3) is 5.91 Å². The zero-order valence-corrected chi connectivity index (χ0v) is 15.4. The van der Waals surface area contributed by atoms with E-state index in [4.69, 9.17) is 4.42 Å². The van der Waals surface area contributed by atoms with E-state index in [0.717, 1.165) is 21.1 Å². The molecular weight excluding hydrogens is 421 g/mol. The van der Waals surface area contributed by atoms with Gasteiger partial charge in [-0.1, -0.05) is 18.2 Å². The smallest absolute Gasteiger partial charge is 0.255 e. The summed E-state index contributed by atoms with van der Waals surface area (Å²) in [7, 11) is 0. The molecule has 118 valence electrons. The molecule has 0 aliphatic carbocycles. The summed E-state index contributed by atoms with van der Waals surface area (Å²) in [5, 5.41) is 2.07. The summed E-state index contributed by atoms with van der Waals surface area (Å²) in [6, 6.07) is 13.8. The minimum absolute atomic E-state index is 0.0627. The van der Waals surface area contributed by atoms with Gasteiger partial charge in [-0.2, -0.15) is 0 Å². The molecule has 0 fully saturated rings. The van der Waals surface area contributed by atoms with E-state index in [0.29, 0.717) is 13.1 Å². The second-order valence-corrected chi connectivity index (χ2v) is 7.36. The summed E-state index contributed by atoms with van der Waals surface area (Å²) in [6.45, 7) is 1.25. The highest BCUT2D eigenvalue weighted by atomic mass is 127. The van der Waals surface area contributed by atoms with E-state index in [2.05, 4.69) is 34.0 Å². The molecule has 1 amide bonds. The van der Waals surface area contributed by atoms with Crippen molar-refractivity contribution in [2.24, 2.45) is 0 Å². The van der Waals surface area contributed by atoms with Crippen LogP contribution >= 0.6 is 33.9 Å². The number of hydrogen-bond donors (Lipinski definition) is 0. The van der Waals surface area contributed by atoms with Gasteiger partial charge in [0, 0.05) is 27.1 Å². The van der Waals surface area contributed by atoms with Gasteiger partial charge in [0.2, 0.25) is 0 Å². The first kappa shape index (κ1) is 16.3. The third kappa shape index (κ3) is 4.23.